The Labute approximate surface area is 153 Å². The van der Waals surface area contributed by atoms with Crippen LogP contribution in [0.15, 0.2) is 45.3 Å². The van der Waals surface area contributed by atoms with Crippen LogP contribution in [0.2, 0.25) is 0 Å². The summed E-state index contributed by atoms with van der Waals surface area (Å²) in [6.07, 6.45) is 9.21. The van der Waals surface area contributed by atoms with Crippen LogP contribution >= 0.6 is 11.3 Å². The highest BCUT2D eigenvalue weighted by Gasteiger charge is 2.43. The maximum atomic E-state index is 5.44. The van der Waals surface area contributed by atoms with Crippen molar-refractivity contribution in [2.24, 2.45) is 10.4 Å². The van der Waals surface area contributed by atoms with Crippen LogP contribution in [0.4, 0.5) is 0 Å². The van der Waals surface area contributed by atoms with Gasteiger partial charge < -0.3 is 14.6 Å². The first-order valence-corrected chi connectivity index (χ1v) is 10.3. The lowest BCUT2D eigenvalue weighted by Gasteiger charge is -2.38. The molecule has 1 saturated heterocycles. The lowest BCUT2D eigenvalue weighted by Crippen LogP contribution is -2.43. The molecule has 25 heavy (non-hydrogen) atoms. The van der Waals surface area contributed by atoms with E-state index in [2.05, 4.69) is 27.7 Å². The van der Waals surface area contributed by atoms with Crippen LogP contribution in [-0.2, 0) is 12.8 Å². The average Bonchev–Trinajstić information content (AvgIpc) is 3.33. The zero-order valence-electron chi connectivity index (χ0n) is 14.7. The number of nitrogens with one attached hydrogen (secondary N) is 1. The number of rotatable bonds is 6. The predicted octanol–water partition coefficient (Wildman–Crippen LogP) is 3.95. The first kappa shape index (κ1) is 16.7. The average molecular weight is 358 g/mol. The maximum Gasteiger partial charge on any atom is 0.193 e. The molecule has 2 aromatic rings. The molecule has 1 saturated carbocycles. The second-order valence-corrected chi connectivity index (χ2v) is 8.35. The number of furan rings is 1. The molecule has 0 atom stereocenters. The molecular weight excluding hydrogens is 330 g/mol. The van der Waals surface area contributed by atoms with E-state index in [4.69, 9.17) is 9.41 Å². The van der Waals surface area contributed by atoms with Gasteiger partial charge in [0.05, 0.1) is 6.26 Å². The molecule has 4 nitrogen and oxygen atoms in total. The quantitative estimate of drug-likeness (QED) is 0.629. The molecule has 4 rings (SSSR count). The summed E-state index contributed by atoms with van der Waals surface area (Å²) >= 11 is 1.82. The predicted molar refractivity (Wildman–Crippen MR) is 103 cm³/mol. The number of guanidine groups is 1. The van der Waals surface area contributed by atoms with Crippen LogP contribution in [-0.4, -0.2) is 37.0 Å². The number of hydrogen-bond acceptors (Lipinski definition) is 3. The van der Waals surface area contributed by atoms with Crippen molar-refractivity contribution >= 4 is 17.3 Å². The number of hydrogen-bond donors (Lipinski definition) is 1. The zero-order valence-corrected chi connectivity index (χ0v) is 15.6. The third-order valence-corrected chi connectivity index (χ3v) is 6.52. The highest BCUT2D eigenvalue weighted by molar-refractivity contribution is 7.09. The van der Waals surface area contributed by atoms with E-state index in [-0.39, 0.29) is 0 Å². The summed E-state index contributed by atoms with van der Waals surface area (Å²) in [5, 5.41) is 5.73. The monoisotopic (exact) mass is 357 g/mol. The molecule has 2 aliphatic rings. The normalized spacial score (nSPS) is 19.4. The second-order valence-electron chi connectivity index (χ2n) is 7.32. The van der Waals surface area contributed by atoms with Crippen molar-refractivity contribution in [2.45, 2.75) is 38.5 Å². The van der Waals surface area contributed by atoms with Crippen LogP contribution in [0, 0.1) is 5.41 Å². The Balaban J connectivity index is 1.35. The Bertz CT molecular complexity index is 674. The van der Waals surface area contributed by atoms with Crippen molar-refractivity contribution in [2.75, 3.05) is 26.2 Å². The van der Waals surface area contributed by atoms with E-state index in [1.54, 1.807) is 6.26 Å². The lowest BCUT2D eigenvalue weighted by molar-refractivity contribution is 0.151. The van der Waals surface area contributed by atoms with Gasteiger partial charge in [-0.2, -0.15) is 0 Å². The molecule has 2 fully saturated rings. The maximum absolute atomic E-state index is 5.44. The van der Waals surface area contributed by atoms with Gasteiger partial charge in [-0.25, -0.2) is 0 Å². The van der Waals surface area contributed by atoms with Gasteiger partial charge in [0.15, 0.2) is 5.96 Å². The summed E-state index contributed by atoms with van der Waals surface area (Å²) < 4.78 is 5.44. The largest absolute Gasteiger partial charge is 0.469 e. The summed E-state index contributed by atoms with van der Waals surface area (Å²) in [6, 6.07) is 8.30. The highest BCUT2D eigenvalue weighted by Crippen LogP contribution is 2.47. The molecule has 0 unspecified atom stereocenters. The van der Waals surface area contributed by atoms with E-state index in [9.17, 15) is 0 Å². The summed E-state index contributed by atoms with van der Waals surface area (Å²) in [5.74, 6) is 2.12. The van der Waals surface area contributed by atoms with Crippen LogP contribution in [0.3, 0.4) is 0 Å². The van der Waals surface area contributed by atoms with E-state index in [1.165, 1.54) is 37.1 Å². The molecule has 0 bridgehead atoms. The minimum atomic E-state index is 0.594. The first-order valence-electron chi connectivity index (χ1n) is 9.41. The van der Waals surface area contributed by atoms with E-state index in [0.717, 1.165) is 44.2 Å². The van der Waals surface area contributed by atoms with Gasteiger partial charge >= 0.3 is 0 Å². The zero-order chi connectivity index (χ0) is 17.0. The molecule has 1 N–H and O–H groups in total. The van der Waals surface area contributed by atoms with Gasteiger partial charge in [-0.1, -0.05) is 12.5 Å². The Morgan fingerprint density at radius 3 is 2.88 bits per heavy atom. The third kappa shape index (κ3) is 4.09. The molecule has 0 radical (unpaired) electrons. The Hall–Kier alpha value is -1.75. The van der Waals surface area contributed by atoms with Gasteiger partial charge in [-0.05, 0) is 48.3 Å². The molecule has 5 heteroatoms. The van der Waals surface area contributed by atoms with Crippen molar-refractivity contribution < 1.29 is 4.42 Å². The summed E-state index contributed by atoms with van der Waals surface area (Å²) in [7, 11) is 0. The molecule has 0 aromatic carbocycles. The van der Waals surface area contributed by atoms with E-state index >= 15 is 0 Å². The highest BCUT2D eigenvalue weighted by atomic mass is 32.1. The van der Waals surface area contributed by atoms with E-state index in [0.29, 0.717) is 5.41 Å². The van der Waals surface area contributed by atoms with Crippen molar-refractivity contribution in [3.8, 4) is 0 Å². The lowest BCUT2D eigenvalue weighted by atomic mass is 9.68. The van der Waals surface area contributed by atoms with Crippen molar-refractivity contribution in [1.82, 2.24) is 10.2 Å². The molecule has 134 valence electrons. The molecule has 1 aliphatic heterocycles. The molecule has 0 amide bonds. The minimum absolute atomic E-state index is 0.594. The van der Waals surface area contributed by atoms with Crippen molar-refractivity contribution in [3.05, 3.63) is 46.5 Å². The smallest absolute Gasteiger partial charge is 0.193 e. The van der Waals surface area contributed by atoms with Crippen molar-refractivity contribution in [1.29, 1.82) is 0 Å². The fourth-order valence-corrected chi connectivity index (χ4v) is 4.65. The molecule has 1 aliphatic carbocycles. The Morgan fingerprint density at radius 1 is 1.24 bits per heavy atom. The molecule has 1 spiro atoms. The number of aliphatic imine (C=N–C) groups is 1. The molecular formula is C20H27N3OS. The fourth-order valence-electron chi connectivity index (χ4n) is 3.95. The van der Waals surface area contributed by atoms with Crippen LogP contribution in [0.1, 0.15) is 36.3 Å². The summed E-state index contributed by atoms with van der Waals surface area (Å²) in [4.78, 5) is 8.83. The SMILES string of the molecule is c1coc(CCNC(=NCCc2cccs2)N2CCC3(CCC3)C2)c1. The third-order valence-electron chi connectivity index (χ3n) is 5.59. The fraction of sp³-hybridized carbons (Fsp3) is 0.550. The van der Waals surface area contributed by atoms with Gasteiger partial charge in [0.25, 0.3) is 0 Å². The minimum Gasteiger partial charge on any atom is -0.469 e. The number of nitrogens with zero attached hydrogens (tertiary/aromatic N) is 2. The second kappa shape index (κ2) is 7.65. The van der Waals surface area contributed by atoms with Crippen LogP contribution in [0.5, 0.6) is 0 Å². The number of thiophene rings is 1. The first-order chi connectivity index (χ1) is 12.3. The number of likely N-dealkylation sites (tertiary alicyclic amines) is 1. The summed E-state index contributed by atoms with van der Waals surface area (Å²) in [5.41, 5.74) is 0.594. The molecule has 3 heterocycles. The van der Waals surface area contributed by atoms with Gasteiger partial charge in [-0.15, -0.1) is 11.3 Å². The van der Waals surface area contributed by atoms with Crippen LogP contribution < -0.4 is 5.32 Å². The van der Waals surface area contributed by atoms with Gasteiger partial charge in [0.2, 0.25) is 0 Å². The van der Waals surface area contributed by atoms with Gasteiger partial charge in [0, 0.05) is 43.9 Å². The van der Waals surface area contributed by atoms with Gasteiger partial charge in [-0.3, -0.25) is 4.99 Å². The Kier molecular flexibility index (Phi) is 5.11. The topological polar surface area (TPSA) is 40.8 Å². The summed E-state index contributed by atoms with van der Waals surface area (Å²) in [6.45, 7) is 4.05. The van der Waals surface area contributed by atoms with Crippen LogP contribution in [0.25, 0.3) is 0 Å². The molecule has 2 aromatic heterocycles. The van der Waals surface area contributed by atoms with E-state index < -0.39 is 0 Å². The Morgan fingerprint density at radius 2 is 2.20 bits per heavy atom. The van der Waals surface area contributed by atoms with E-state index in [1.807, 2.05) is 23.5 Å². The van der Waals surface area contributed by atoms with Crippen molar-refractivity contribution in [3.63, 3.8) is 0 Å². The van der Waals surface area contributed by atoms with Gasteiger partial charge in [0.1, 0.15) is 5.76 Å². The standard InChI is InChI=1S/C20H27N3OS/c1-4-17(24-14-1)6-11-21-19(22-12-7-18-5-2-15-25-18)23-13-10-20(16-23)8-3-9-20/h1-2,4-5,14-15H,3,6-13,16H2,(H,21,22).